The highest BCUT2D eigenvalue weighted by Crippen LogP contribution is 2.26. The molecule has 2 unspecified atom stereocenters. The number of nitrogens with zero attached hydrogens (tertiary/aromatic N) is 2. The fraction of sp³-hybridized carbons (Fsp3) is 0.750. The summed E-state index contributed by atoms with van der Waals surface area (Å²) in [5.74, 6) is 3.60. The van der Waals surface area contributed by atoms with Gasteiger partial charge in [0.05, 0.1) is 0 Å². The zero-order chi connectivity index (χ0) is 14.4. The van der Waals surface area contributed by atoms with Crippen LogP contribution in [0.1, 0.15) is 58.7 Å². The highest BCUT2D eigenvalue weighted by molar-refractivity contribution is 5.48. The lowest BCUT2D eigenvalue weighted by atomic mass is 9.86. The molecule has 0 bridgehead atoms. The molecule has 1 fully saturated rings. The third-order valence-corrected chi connectivity index (χ3v) is 4.05. The van der Waals surface area contributed by atoms with Crippen LogP contribution in [0, 0.1) is 5.92 Å². The number of nitrogens with one attached hydrogen (secondary N) is 2. The fourth-order valence-electron chi connectivity index (χ4n) is 2.90. The van der Waals surface area contributed by atoms with Crippen molar-refractivity contribution in [1.29, 1.82) is 0 Å². The summed E-state index contributed by atoms with van der Waals surface area (Å²) in [5, 5.41) is 6.94. The SMILES string of the molecule is CCCc1nc(NCC)cc(NC2CCCCC2C)n1. The Bertz CT molecular complexity index is 395. The van der Waals surface area contributed by atoms with Crippen molar-refractivity contribution in [2.24, 2.45) is 5.92 Å². The molecule has 0 amide bonds. The Morgan fingerprint density at radius 3 is 2.60 bits per heavy atom. The summed E-state index contributed by atoms with van der Waals surface area (Å²) in [6, 6.07) is 2.60. The summed E-state index contributed by atoms with van der Waals surface area (Å²) in [7, 11) is 0. The Morgan fingerprint density at radius 1 is 1.15 bits per heavy atom. The van der Waals surface area contributed by atoms with Gasteiger partial charge in [0.15, 0.2) is 0 Å². The van der Waals surface area contributed by atoms with E-state index in [1.807, 2.05) is 6.07 Å². The van der Waals surface area contributed by atoms with Gasteiger partial charge in [-0.25, -0.2) is 9.97 Å². The molecule has 1 heterocycles. The molecule has 0 saturated heterocycles. The normalized spacial score (nSPS) is 22.6. The molecular weight excluding hydrogens is 248 g/mol. The molecule has 1 aromatic heterocycles. The van der Waals surface area contributed by atoms with Crippen molar-refractivity contribution in [3.05, 3.63) is 11.9 Å². The standard InChI is InChI=1S/C16H28N4/c1-4-8-14-19-15(17-5-2)11-16(20-14)18-13-10-7-6-9-12(13)3/h11-13H,4-10H2,1-3H3,(H2,17,18,19,20). The first kappa shape index (κ1) is 15.1. The predicted molar refractivity (Wildman–Crippen MR) is 85.2 cm³/mol. The Balaban J connectivity index is 2.12. The van der Waals surface area contributed by atoms with Crippen molar-refractivity contribution in [2.75, 3.05) is 17.2 Å². The Hall–Kier alpha value is -1.32. The number of aryl methyl sites for hydroxylation is 1. The fourth-order valence-corrected chi connectivity index (χ4v) is 2.90. The highest BCUT2D eigenvalue weighted by atomic mass is 15.1. The summed E-state index contributed by atoms with van der Waals surface area (Å²) >= 11 is 0. The molecule has 2 rings (SSSR count). The van der Waals surface area contributed by atoms with Gasteiger partial charge < -0.3 is 10.6 Å². The van der Waals surface area contributed by atoms with Crippen LogP contribution >= 0.6 is 0 Å². The summed E-state index contributed by atoms with van der Waals surface area (Å²) < 4.78 is 0. The molecule has 0 spiro atoms. The van der Waals surface area contributed by atoms with E-state index in [1.54, 1.807) is 0 Å². The highest BCUT2D eigenvalue weighted by Gasteiger charge is 2.21. The van der Waals surface area contributed by atoms with Gasteiger partial charge in [-0.15, -0.1) is 0 Å². The maximum absolute atomic E-state index is 4.67. The Labute approximate surface area is 122 Å². The molecule has 1 saturated carbocycles. The second kappa shape index (κ2) is 7.46. The lowest BCUT2D eigenvalue weighted by Crippen LogP contribution is -2.30. The van der Waals surface area contributed by atoms with Crippen molar-refractivity contribution in [3.63, 3.8) is 0 Å². The van der Waals surface area contributed by atoms with Crippen LogP contribution in [0.2, 0.25) is 0 Å². The molecule has 4 heteroatoms. The first-order valence-electron chi connectivity index (χ1n) is 8.11. The lowest BCUT2D eigenvalue weighted by Gasteiger charge is -2.30. The molecule has 0 aliphatic heterocycles. The van der Waals surface area contributed by atoms with E-state index in [2.05, 4.69) is 41.4 Å². The zero-order valence-corrected chi connectivity index (χ0v) is 13.1. The van der Waals surface area contributed by atoms with Crippen LogP contribution in [0.15, 0.2) is 6.07 Å². The van der Waals surface area contributed by atoms with Gasteiger partial charge in [-0.1, -0.05) is 26.7 Å². The molecule has 20 heavy (non-hydrogen) atoms. The van der Waals surface area contributed by atoms with Crippen LogP contribution in [-0.4, -0.2) is 22.6 Å². The van der Waals surface area contributed by atoms with E-state index in [1.165, 1.54) is 25.7 Å². The second-order valence-corrected chi connectivity index (χ2v) is 5.85. The van der Waals surface area contributed by atoms with Crippen LogP contribution in [-0.2, 0) is 6.42 Å². The van der Waals surface area contributed by atoms with Gasteiger partial charge in [0.1, 0.15) is 17.5 Å². The molecule has 2 N–H and O–H groups in total. The average molecular weight is 276 g/mol. The van der Waals surface area contributed by atoms with Gasteiger partial charge in [0.25, 0.3) is 0 Å². The van der Waals surface area contributed by atoms with E-state index < -0.39 is 0 Å². The molecule has 1 aliphatic rings. The molecule has 4 nitrogen and oxygen atoms in total. The zero-order valence-electron chi connectivity index (χ0n) is 13.1. The minimum absolute atomic E-state index is 0.558. The molecule has 2 atom stereocenters. The number of hydrogen-bond donors (Lipinski definition) is 2. The maximum Gasteiger partial charge on any atom is 0.133 e. The predicted octanol–water partition coefficient (Wildman–Crippen LogP) is 3.85. The molecule has 0 aromatic carbocycles. The second-order valence-electron chi connectivity index (χ2n) is 5.85. The molecular formula is C16H28N4. The van der Waals surface area contributed by atoms with Crippen LogP contribution in [0.25, 0.3) is 0 Å². The van der Waals surface area contributed by atoms with Crippen molar-refractivity contribution >= 4 is 11.6 Å². The molecule has 0 radical (unpaired) electrons. The molecule has 1 aliphatic carbocycles. The molecule has 112 valence electrons. The topological polar surface area (TPSA) is 49.8 Å². The minimum atomic E-state index is 0.558. The van der Waals surface area contributed by atoms with Crippen molar-refractivity contribution in [1.82, 2.24) is 9.97 Å². The van der Waals surface area contributed by atoms with Gasteiger partial charge in [0.2, 0.25) is 0 Å². The third-order valence-electron chi connectivity index (χ3n) is 4.05. The van der Waals surface area contributed by atoms with Crippen LogP contribution in [0.3, 0.4) is 0 Å². The van der Waals surface area contributed by atoms with Gasteiger partial charge >= 0.3 is 0 Å². The first-order chi connectivity index (χ1) is 9.72. The van der Waals surface area contributed by atoms with Gasteiger partial charge in [-0.3, -0.25) is 0 Å². The van der Waals surface area contributed by atoms with E-state index in [9.17, 15) is 0 Å². The summed E-state index contributed by atoms with van der Waals surface area (Å²) in [4.78, 5) is 9.23. The Morgan fingerprint density at radius 2 is 1.90 bits per heavy atom. The van der Waals surface area contributed by atoms with Crippen LogP contribution < -0.4 is 10.6 Å². The number of anilines is 2. The van der Waals surface area contributed by atoms with Crippen molar-refractivity contribution < 1.29 is 0 Å². The van der Waals surface area contributed by atoms with Crippen molar-refractivity contribution in [3.8, 4) is 0 Å². The largest absolute Gasteiger partial charge is 0.370 e. The monoisotopic (exact) mass is 276 g/mol. The van der Waals surface area contributed by atoms with E-state index in [4.69, 9.17) is 0 Å². The van der Waals surface area contributed by atoms with Crippen LogP contribution in [0.5, 0.6) is 0 Å². The lowest BCUT2D eigenvalue weighted by molar-refractivity contribution is 0.349. The summed E-state index contributed by atoms with van der Waals surface area (Å²) in [5.41, 5.74) is 0. The number of aromatic nitrogens is 2. The van der Waals surface area contributed by atoms with E-state index >= 15 is 0 Å². The minimum Gasteiger partial charge on any atom is -0.370 e. The van der Waals surface area contributed by atoms with Gasteiger partial charge in [-0.05, 0) is 32.1 Å². The van der Waals surface area contributed by atoms with E-state index in [0.717, 1.165) is 42.8 Å². The smallest absolute Gasteiger partial charge is 0.133 e. The van der Waals surface area contributed by atoms with Gasteiger partial charge in [-0.2, -0.15) is 0 Å². The number of hydrogen-bond acceptors (Lipinski definition) is 4. The molecule has 1 aromatic rings. The quantitative estimate of drug-likeness (QED) is 0.828. The first-order valence-corrected chi connectivity index (χ1v) is 8.11. The average Bonchev–Trinajstić information content (AvgIpc) is 2.42. The summed E-state index contributed by atoms with van der Waals surface area (Å²) in [6.07, 6.45) is 7.29. The van der Waals surface area contributed by atoms with E-state index in [0.29, 0.717) is 6.04 Å². The van der Waals surface area contributed by atoms with E-state index in [-0.39, 0.29) is 0 Å². The summed E-state index contributed by atoms with van der Waals surface area (Å²) in [6.45, 7) is 7.50. The van der Waals surface area contributed by atoms with Crippen molar-refractivity contribution in [2.45, 2.75) is 65.3 Å². The van der Waals surface area contributed by atoms with Crippen LogP contribution in [0.4, 0.5) is 11.6 Å². The van der Waals surface area contributed by atoms with Gasteiger partial charge in [0, 0.05) is 25.1 Å². The number of rotatable bonds is 6. The third kappa shape index (κ3) is 4.09. The maximum atomic E-state index is 4.67. The Kier molecular flexibility index (Phi) is 5.62.